The Balaban J connectivity index is 1.49. The van der Waals surface area contributed by atoms with E-state index in [2.05, 4.69) is 9.98 Å². The number of pyridine rings is 1. The van der Waals surface area contributed by atoms with Crippen LogP contribution in [-0.2, 0) is 22.9 Å². The number of ether oxygens (including phenoxy) is 2. The molecule has 5 heterocycles. The number of anilines is 1. The first kappa shape index (κ1) is 19.6. The van der Waals surface area contributed by atoms with Gasteiger partial charge < -0.3 is 19.6 Å². The van der Waals surface area contributed by atoms with Crippen molar-refractivity contribution in [2.45, 2.75) is 18.1 Å². The van der Waals surface area contributed by atoms with E-state index in [-0.39, 0.29) is 31.5 Å². The number of furan rings is 1. The second-order valence-electron chi connectivity index (χ2n) is 7.89. The molecule has 8 nitrogen and oxygen atoms in total. The minimum atomic E-state index is -4.62. The van der Waals surface area contributed by atoms with Crippen LogP contribution in [0.4, 0.5) is 19.0 Å². The zero-order valence-electron chi connectivity index (χ0n) is 16.8. The van der Waals surface area contributed by atoms with E-state index in [0.29, 0.717) is 34.0 Å². The molecular weight excluding hydrogens is 441 g/mol. The molecule has 1 unspecified atom stereocenters. The lowest BCUT2D eigenvalue weighted by molar-refractivity contribution is -0.153. The number of aliphatic imine (C=N–C) groups is 1. The predicted octanol–water partition coefficient (Wildman–Crippen LogP) is 2.97. The first-order valence-corrected chi connectivity index (χ1v) is 9.97. The highest BCUT2D eigenvalue weighted by Gasteiger charge is 2.56. The Hall–Kier alpha value is -4.02. The minimum absolute atomic E-state index is 0.0193. The summed E-state index contributed by atoms with van der Waals surface area (Å²) in [4.78, 5) is 24.0. The molecule has 1 spiro atoms. The van der Waals surface area contributed by atoms with Gasteiger partial charge in [0.1, 0.15) is 22.8 Å². The van der Waals surface area contributed by atoms with Crippen molar-refractivity contribution >= 4 is 17.6 Å². The highest BCUT2D eigenvalue weighted by Crippen LogP contribution is 2.51. The number of alkyl halides is 3. The number of carbonyl (C=O) groups excluding carboxylic acids is 1. The zero-order valence-corrected chi connectivity index (χ0v) is 16.8. The fourth-order valence-electron chi connectivity index (χ4n) is 4.60. The molecule has 1 amide bonds. The quantitative estimate of drug-likeness (QED) is 0.636. The van der Waals surface area contributed by atoms with Crippen molar-refractivity contribution in [2.75, 3.05) is 18.2 Å². The Labute approximate surface area is 184 Å². The van der Waals surface area contributed by atoms with Gasteiger partial charge in [-0.1, -0.05) is 6.07 Å². The summed E-state index contributed by atoms with van der Waals surface area (Å²) in [5.74, 6) is 0.00583. The summed E-state index contributed by atoms with van der Waals surface area (Å²) in [5, 5.41) is 0. The standard InChI is InChI=1S/C22H15F3N4O4/c23-22(24,25)17-4-3-11(33-17)8-29-19-13(2-1-5-27-19)21(20(29)30)9-28-18(26)12-6-15-16(7-14(12)21)32-10-31-15/h1-7H,8-10H2,(H2,26,28). The lowest BCUT2D eigenvalue weighted by Crippen LogP contribution is -2.47. The highest BCUT2D eigenvalue weighted by atomic mass is 19.4. The van der Waals surface area contributed by atoms with Gasteiger partial charge in [-0.15, -0.1) is 0 Å². The summed E-state index contributed by atoms with van der Waals surface area (Å²) in [5.41, 5.74) is 6.58. The lowest BCUT2D eigenvalue weighted by Gasteiger charge is -2.32. The van der Waals surface area contributed by atoms with Gasteiger partial charge in [-0.25, -0.2) is 4.98 Å². The number of hydrogen-bond donors (Lipinski definition) is 1. The van der Waals surface area contributed by atoms with Crippen molar-refractivity contribution in [1.82, 2.24) is 4.98 Å². The van der Waals surface area contributed by atoms with Gasteiger partial charge in [0.25, 0.3) is 0 Å². The number of aromatic nitrogens is 1. The molecule has 6 rings (SSSR count). The topological polar surface area (TPSA) is 103 Å². The summed E-state index contributed by atoms with van der Waals surface area (Å²) in [6, 6.07) is 8.89. The summed E-state index contributed by atoms with van der Waals surface area (Å²) in [6.07, 6.45) is -3.11. The Bertz CT molecular complexity index is 1350. The van der Waals surface area contributed by atoms with Crippen LogP contribution in [0.1, 0.15) is 28.2 Å². The molecule has 1 atom stereocenters. The fourth-order valence-corrected chi connectivity index (χ4v) is 4.60. The lowest BCUT2D eigenvalue weighted by atomic mass is 9.72. The van der Waals surface area contributed by atoms with Crippen LogP contribution in [-0.4, -0.2) is 30.1 Å². The first-order valence-electron chi connectivity index (χ1n) is 9.97. The number of benzene rings is 1. The van der Waals surface area contributed by atoms with Crippen molar-refractivity contribution in [3.63, 3.8) is 0 Å². The first-order chi connectivity index (χ1) is 15.8. The van der Waals surface area contributed by atoms with Gasteiger partial charge in [0, 0.05) is 17.3 Å². The van der Waals surface area contributed by atoms with E-state index in [4.69, 9.17) is 19.6 Å². The van der Waals surface area contributed by atoms with Crippen LogP contribution < -0.4 is 20.1 Å². The fraction of sp³-hybridized carbons (Fsp3) is 0.227. The molecule has 3 aliphatic heterocycles. The molecular formula is C22H15F3N4O4. The maximum Gasteiger partial charge on any atom is 0.449 e. The van der Waals surface area contributed by atoms with Crippen molar-refractivity contribution in [1.29, 1.82) is 0 Å². The third-order valence-corrected chi connectivity index (χ3v) is 6.10. The summed E-state index contributed by atoms with van der Waals surface area (Å²) in [6.45, 7) is -0.161. The normalized spacial score (nSPS) is 20.8. The molecule has 0 bridgehead atoms. The van der Waals surface area contributed by atoms with Crippen molar-refractivity contribution in [2.24, 2.45) is 10.7 Å². The number of hydrogen-bond acceptors (Lipinski definition) is 7. The van der Waals surface area contributed by atoms with Crippen molar-refractivity contribution < 1.29 is 31.9 Å². The van der Waals surface area contributed by atoms with Crippen molar-refractivity contribution in [3.8, 4) is 11.5 Å². The van der Waals surface area contributed by atoms with Gasteiger partial charge >= 0.3 is 6.18 Å². The van der Waals surface area contributed by atoms with Crippen LogP contribution in [0.3, 0.4) is 0 Å². The maximum absolute atomic E-state index is 14.0. The highest BCUT2D eigenvalue weighted by molar-refractivity contribution is 6.13. The second-order valence-corrected chi connectivity index (χ2v) is 7.89. The number of amides is 1. The van der Waals surface area contributed by atoms with E-state index >= 15 is 0 Å². The summed E-state index contributed by atoms with van der Waals surface area (Å²) < 4.78 is 54.9. The van der Waals surface area contributed by atoms with Crippen LogP contribution in [0.2, 0.25) is 0 Å². The Kier molecular flexibility index (Phi) is 3.87. The Morgan fingerprint density at radius 3 is 2.67 bits per heavy atom. The number of amidine groups is 1. The number of rotatable bonds is 2. The molecule has 0 fully saturated rings. The maximum atomic E-state index is 14.0. The smallest absolute Gasteiger partial charge is 0.449 e. The van der Waals surface area contributed by atoms with Crippen LogP contribution >= 0.6 is 0 Å². The number of nitrogens with two attached hydrogens (primary N) is 1. The Morgan fingerprint density at radius 1 is 1.12 bits per heavy atom. The van der Waals surface area contributed by atoms with Gasteiger partial charge in [-0.05, 0) is 35.9 Å². The predicted molar refractivity (Wildman–Crippen MR) is 108 cm³/mol. The van der Waals surface area contributed by atoms with Crippen molar-refractivity contribution in [3.05, 3.63) is 70.8 Å². The largest absolute Gasteiger partial charge is 0.455 e. The van der Waals surface area contributed by atoms with Gasteiger partial charge in [-0.3, -0.25) is 14.7 Å². The van der Waals surface area contributed by atoms with E-state index < -0.39 is 23.3 Å². The molecule has 2 N–H and O–H groups in total. The molecule has 3 aromatic rings. The third-order valence-electron chi connectivity index (χ3n) is 6.10. The molecule has 1 aromatic carbocycles. The van der Waals surface area contributed by atoms with Gasteiger partial charge in [0.15, 0.2) is 11.5 Å². The average molecular weight is 456 g/mol. The molecule has 3 aliphatic rings. The molecule has 0 saturated heterocycles. The average Bonchev–Trinajstić information content (AvgIpc) is 3.50. The summed E-state index contributed by atoms with van der Waals surface area (Å²) >= 11 is 0. The second kappa shape index (κ2) is 6.50. The van der Waals surface area contributed by atoms with E-state index in [9.17, 15) is 18.0 Å². The van der Waals surface area contributed by atoms with Gasteiger partial charge in [0.05, 0.1) is 13.1 Å². The monoisotopic (exact) mass is 456 g/mol. The van der Waals surface area contributed by atoms with E-state index in [1.165, 1.54) is 17.2 Å². The van der Waals surface area contributed by atoms with E-state index in [0.717, 1.165) is 6.07 Å². The van der Waals surface area contributed by atoms with E-state index in [1.54, 1.807) is 24.3 Å². The molecule has 2 aromatic heterocycles. The van der Waals surface area contributed by atoms with Crippen LogP contribution in [0.25, 0.3) is 0 Å². The molecule has 33 heavy (non-hydrogen) atoms. The summed E-state index contributed by atoms with van der Waals surface area (Å²) in [7, 11) is 0. The molecule has 0 saturated carbocycles. The molecule has 168 valence electrons. The third kappa shape index (κ3) is 2.68. The molecule has 11 heteroatoms. The number of nitrogens with zero attached hydrogens (tertiary/aromatic N) is 3. The SMILES string of the molecule is NC1=NCC2(C(=O)N(Cc3ccc(C(F)(F)F)o3)c3ncccc32)c2cc3c(cc21)OCO3. The molecule has 0 aliphatic carbocycles. The minimum Gasteiger partial charge on any atom is -0.455 e. The number of halogens is 3. The van der Waals surface area contributed by atoms with Crippen LogP contribution in [0.15, 0.2) is 52.0 Å². The van der Waals surface area contributed by atoms with Crippen LogP contribution in [0.5, 0.6) is 11.5 Å². The zero-order chi connectivity index (χ0) is 23.0. The number of fused-ring (bicyclic) bond motifs is 5. The number of carbonyl (C=O) groups is 1. The molecule has 0 radical (unpaired) electrons. The van der Waals surface area contributed by atoms with Gasteiger partial charge in [-0.2, -0.15) is 13.2 Å². The van der Waals surface area contributed by atoms with Crippen LogP contribution in [0, 0.1) is 0 Å². The van der Waals surface area contributed by atoms with Gasteiger partial charge in [0.2, 0.25) is 18.5 Å². The van der Waals surface area contributed by atoms with E-state index in [1.807, 2.05) is 0 Å². The Morgan fingerprint density at radius 2 is 1.91 bits per heavy atom.